The summed E-state index contributed by atoms with van der Waals surface area (Å²) in [4.78, 5) is 22.3. The Morgan fingerprint density at radius 3 is 2.93 bits per heavy atom. The number of carbonyl (C=O) groups is 1. The number of aryl methyl sites for hydroxylation is 1. The van der Waals surface area contributed by atoms with Crippen LogP contribution >= 0.6 is 0 Å². The molecule has 2 aliphatic heterocycles. The quantitative estimate of drug-likeness (QED) is 0.784. The predicted octanol–water partition coefficient (Wildman–Crippen LogP) is 1.42. The maximum absolute atomic E-state index is 13.6. The number of carbonyl (C=O) groups excluding carboxylic acids is 1. The van der Waals surface area contributed by atoms with Gasteiger partial charge in [-0.3, -0.25) is 19.4 Å². The molecule has 3 aliphatic rings. The van der Waals surface area contributed by atoms with Crippen LogP contribution < -0.4 is 0 Å². The van der Waals surface area contributed by atoms with Gasteiger partial charge in [0.1, 0.15) is 0 Å². The van der Waals surface area contributed by atoms with Crippen LogP contribution in [0.25, 0.3) is 0 Å². The Kier molecular flexibility index (Phi) is 4.44. The minimum atomic E-state index is -0.807. The number of rotatable bonds is 5. The topological polar surface area (TPSA) is 63.5 Å². The Hall–Kier alpha value is -2.25. The van der Waals surface area contributed by atoms with Gasteiger partial charge in [0.2, 0.25) is 0 Å². The number of likely N-dealkylation sites (tertiary alicyclic amines) is 1. The van der Waals surface area contributed by atoms with E-state index in [9.17, 15) is 4.79 Å². The van der Waals surface area contributed by atoms with Gasteiger partial charge in [0.25, 0.3) is 5.91 Å². The summed E-state index contributed by atoms with van der Waals surface area (Å²) >= 11 is 0. The summed E-state index contributed by atoms with van der Waals surface area (Å²) in [5.74, 6) is 0.837. The zero-order valence-electron chi connectivity index (χ0n) is 16.3. The molecule has 1 spiro atoms. The lowest BCUT2D eigenvalue weighted by Gasteiger charge is -2.42. The number of hydrogen-bond acceptors (Lipinski definition) is 5. The van der Waals surface area contributed by atoms with E-state index in [1.54, 1.807) is 6.20 Å². The van der Waals surface area contributed by atoms with Gasteiger partial charge in [0, 0.05) is 69.8 Å². The van der Waals surface area contributed by atoms with Gasteiger partial charge in [0.15, 0.2) is 5.60 Å². The molecule has 2 aromatic heterocycles. The predicted molar refractivity (Wildman–Crippen MR) is 103 cm³/mol. The van der Waals surface area contributed by atoms with Crippen molar-refractivity contribution in [1.82, 2.24) is 24.6 Å². The summed E-state index contributed by atoms with van der Waals surface area (Å²) in [5.41, 5.74) is 1.43. The van der Waals surface area contributed by atoms with Crippen LogP contribution in [0.4, 0.5) is 0 Å². The van der Waals surface area contributed by atoms with Gasteiger partial charge in [-0.05, 0) is 30.4 Å². The molecule has 2 atom stereocenters. The highest BCUT2D eigenvalue weighted by Crippen LogP contribution is 2.43. The van der Waals surface area contributed by atoms with Gasteiger partial charge in [-0.1, -0.05) is 6.07 Å². The molecule has 0 aromatic carbocycles. The number of nitrogens with zero attached hydrogens (tertiary/aromatic N) is 5. The smallest absolute Gasteiger partial charge is 0.256 e. The zero-order valence-corrected chi connectivity index (χ0v) is 16.3. The Labute approximate surface area is 165 Å². The van der Waals surface area contributed by atoms with Crippen LogP contribution in [-0.2, 0) is 23.1 Å². The van der Waals surface area contributed by atoms with Crippen LogP contribution in [0.1, 0.15) is 29.9 Å². The molecular weight excluding hydrogens is 354 g/mol. The Balaban J connectivity index is 1.44. The van der Waals surface area contributed by atoms with Gasteiger partial charge in [-0.2, -0.15) is 5.10 Å². The number of morpholine rings is 1. The number of amides is 1. The molecular formula is C21H27N5O2. The van der Waals surface area contributed by atoms with Gasteiger partial charge in [-0.15, -0.1) is 0 Å². The van der Waals surface area contributed by atoms with E-state index in [2.05, 4.69) is 25.9 Å². The van der Waals surface area contributed by atoms with E-state index in [1.165, 1.54) is 12.8 Å². The molecule has 1 amide bonds. The Morgan fingerprint density at radius 2 is 2.21 bits per heavy atom. The van der Waals surface area contributed by atoms with Crippen molar-refractivity contribution in [3.8, 4) is 0 Å². The van der Waals surface area contributed by atoms with Crippen molar-refractivity contribution in [3.05, 3.63) is 48.0 Å². The van der Waals surface area contributed by atoms with E-state index >= 15 is 0 Å². The van der Waals surface area contributed by atoms with E-state index in [0.717, 1.165) is 30.8 Å². The summed E-state index contributed by atoms with van der Waals surface area (Å²) in [7, 11) is 1.93. The third kappa shape index (κ3) is 3.22. The fourth-order valence-electron chi connectivity index (χ4n) is 4.72. The summed E-state index contributed by atoms with van der Waals surface area (Å²) in [6, 6.07) is 4.02. The first kappa shape index (κ1) is 17.8. The number of pyridine rings is 1. The van der Waals surface area contributed by atoms with Crippen molar-refractivity contribution in [1.29, 1.82) is 0 Å². The summed E-state index contributed by atoms with van der Waals surface area (Å²) in [6.07, 6.45) is 10.1. The highest BCUT2D eigenvalue weighted by molar-refractivity contribution is 5.88. The summed E-state index contributed by atoms with van der Waals surface area (Å²) in [6.45, 7) is 4.36. The Morgan fingerprint density at radius 1 is 1.32 bits per heavy atom. The largest absolute Gasteiger partial charge is 0.361 e. The second-order valence-corrected chi connectivity index (χ2v) is 8.46. The number of aromatic nitrogens is 3. The van der Waals surface area contributed by atoms with Gasteiger partial charge in [0.05, 0.1) is 12.8 Å². The van der Waals surface area contributed by atoms with Crippen molar-refractivity contribution in [2.24, 2.45) is 13.0 Å². The van der Waals surface area contributed by atoms with Gasteiger partial charge >= 0.3 is 0 Å². The molecule has 28 heavy (non-hydrogen) atoms. The standard InChI is InChI=1S/C21H27N5O2/c1-24-11-17(9-23-24)12-25-14-19(18-3-2-6-22-10-18)21(15-25)20(27)26(7-8-28-21)13-16-4-5-16/h2-3,6,9-11,16,19H,4-5,7-8,12-15H2,1H3. The molecule has 0 bridgehead atoms. The lowest BCUT2D eigenvalue weighted by molar-refractivity contribution is -0.172. The summed E-state index contributed by atoms with van der Waals surface area (Å²) < 4.78 is 8.15. The zero-order chi connectivity index (χ0) is 19.1. The molecule has 1 aliphatic carbocycles. The molecule has 2 aromatic rings. The fraction of sp³-hybridized carbons (Fsp3) is 0.571. The van der Waals surface area contributed by atoms with Crippen molar-refractivity contribution in [2.75, 3.05) is 32.8 Å². The first-order chi connectivity index (χ1) is 13.6. The molecule has 7 nitrogen and oxygen atoms in total. The lowest BCUT2D eigenvalue weighted by atomic mass is 9.83. The molecule has 0 radical (unpaired) electrons. The SMILES string of the molecule is Cn1cc(CN2CC(c3cccnc3)C3(C2)OCCN(CC2CC2)C3=O)cn1. The average Bonchev–Trinajstić information content (AvgIpc) is 3.32. The minimum Gasteiger partial charge on any atom is -0.361 e. The van der Waals surface area contributed by atoms with E-state index in [4.69, 9.17) is 4.74 Å². The lowest BCUT2D eigenvalue weighted by Crippen LogP contribution is -2.60. The number of hydrogen-bond donors (Lipinski definition) is 0. The van der Waals surface area contributed by atoms with Crippen LogP contribution in [0, 0.1) is 5.92 Å². The molecule has 0 N–H and O–H groups in total. The fourth-order valence-corrected chi connectivity index (χ4v) is 4.72. The van der Waals surface area contributed by atoms with E-state index in [1.807, 2.05) is 36.4 Å². The van der Waals surface area contributed by atoms with Crippen molar-refractivity contribution >= 4 is 5.91 Å². The van der Waals surface area contributed by atoms with Crippen LogP contribution in [0.2, 0.25) is 0 Å². The van der Waals surface area contributed by atoms with E-state index < -0.39 is 5.60 Å². The van der Waals surface area contributed by atoms with Gasteiger partial charge < -0.3 is 9.64 Å². The molecule has 2 saturated heterocycles. The third-order valence-corrected chi connectivity index (χ3v) is 6.26. The number of ether oxygens (including phenoxy) is 1. The normalized spacial score (nSPS) is 28.4. The first-order valence-electron chi connectivity index (χ1n) is 10.2. The molecule has 3 fully saturated rings. The summed E-state index contributed by atoms with van der Waals surface area (Å²) in [5, 5.41) is 4.28. The van der Waals surface area contributed by atoms with Crippen molar-refractivity contribution in [3.63, 3.8) is 0 Å². The Bertz CT molecular complexity index is 849. The van der Waals surface area contributed by atoms with Crippen LogP contribution in [-0.4, -0.2) is 68.9 Å². The van der Waals surface area contributed by atoms with Crippen LogP contribution in [0.5, 0.6) is 0 Å². The average molecular weight is 381 g/mol. The first-order valence-corrected chi connectivity index (χ1v) is 10.2. The molecule has 4 heterocycles. The maximum Gasteiger partial charge on any atom is 0.256 e. The second-order valence-electron chi connectivity index (χ2n) is 8.46. The van der Waals surface area contributed by atoms with Crippen LogP contribution in [0.15, 0.2) is 36.9 Å². The van der Waals surface area contributed by atoms with E-state index in [0.29, 0.717) is 25.6 Å². The van der Waals surface area contributed by atoms with Gasteiger partial charge in [-0.25, -0.2) is 0 Å². The highest BCUT2D eigenvalue weighted by atomic mass is 16.5. The van der Waals surface area contributed by atoms with Crippen molar-refractivity contribution in [2.45, 2.75) is 30.9 Å². The molecule has 148 valence electrons. The van der Waals surface area contributed by atoms with E-state index in [-0.39, 0.29) is 11.8 Å². The minimum absolute atomic E-state index is 0.00706. The second kappa shape index (κ2) is 6.97. The highest BCUT2D eigenvalue weighted by Gasteiger charge is 2.57. The maximum atomic E-state index is 13.6. The van der Waals surface area contributed by atoms with Crippen molar-refractivity contribution < 1.29 is 9.53 Å². The molecule has 5 rings (SSSR count). The molecule has 2 unspecified atom stereocenters. The molecule has 1 saturated carbocycles. The monoisotopic (exact) mass is 381 g/mol. The van der Waals surface area contributed by atoms with Crippen LogP contribution in [0.3, 0.4) is 0 Å². The molecule has 7 heteroatoms. The third-order valence-electron chi connectivity index (χ3n) is 6.26.